The molecule has 112 valence electrons. The van der Waals surface area contributed by atoms with Crippen molar-refractivity contribution in [2.45, 2.75) is 56.8 Å². The summed E-state index contributed by atoms with van der Waals surface area (Å²) in [6, 6.07) is 5.78. The Morgan fingerprint density at radius 2 is 2.05 bits per heavy atom. The van der Waals surface area contributed by atoms with Crippen molar-refractivity contribution in [1.29, 1.82) is 0 Å². The van der Waals surface area contributed by atoms with Crippen LogP contribution in [0.1, 0.15) is 43.7 Å². The minimum atomic E-state index is -0.161. The fraction of sp³-hybridized carbons (Fsp3) is 0.667. The third kappa shape index (κ3) is 1.33. The first-order chi connectivity index (χ1) is 10.1. The highest BCUT2D eigenvalue weighted by molar-refractivity contribution is 5.46. The predicted octanol–water partition coefficient (Wildman–Crippen LogP) is 2.73. The van der Waals surface area contributed by atoms with Crippen LogP contribution in [0.2, 0.25) is 0 Å². The number of hydrogen-bond acceptors (Lipinski definition) is 3. The van der Waals surface area contributed by atoms with Crippen molar-refractivity contribution in [2.75, 3.05) is 0 Å². The van der Waals surface area contributed by atoms with Crippen molar-refractivity contribution >= 4 is 0 Å². The van der Waals surface area contributed by atoms with Crippen molar-refractivity contribution in [2.24, 2.45) is 17.3 Å². The molecular formula is C18H22O3. The molecule has 5 rings (SSSR count). The second kappa shape index (κ2) is 3.64. The lowest BCUT2D eigenvalue weighted by molar-refractivity contribution is -0.0185. The van der Waals surface area contributed by atoms with E-state index in [1.165, 1.54) is 11.1 Å². The zero-order valence-electron chi connectivity index (χ0n) is 12.4. The molecule has 3 nitrogen and oxygen atoms in total. The number of benzene rings is 1. The Labute approximate surface area is 124 Å². The van der Waals surface area contributed by atoms with E-state index in [1.54, 1.807) is 6.07 Å². The molecule has 0 amide bonds. The molecule has 21 heavy (non-hydrogen) atoms. The van der Waals surface area contributed by atoms with Crippen LogP contribution in [0.3, 0.4) is 0 Å². The van der Waals surface area contributed by atoms with E-state index in [4.69, 9.17) is 4.74 Å². The van der Waals surface area contributed by atoms with Crippen LogP contribution < -0.4 is 0 Å². The van der Waals surface area contributed by atoms with Gasteiger partial charge < -0.3 is 14.9 Å². The first-order valence-electron chi connectivity index (χ1n) is 8.24. The summed E-state index contributed by atoms with van der Waals surface area (Å²) in [7, 11) is 0. The summed E-state index contributed by atoms with van der Waals surface area (Å²) in [4.78, 5) is 0. The zero-order valence-corrected chi connectivity index (χ0v) is 12.4. The molecule has 2 N–H and O–H groups in total. The second-order valence-electron chi connectivity index (χ2n) is 7.80. The average molecular weight is 286 g/mol. The lowest BCUT2D eigenvalue weighted by Crippen LogP contribution is -2.48. The smallest absolute Gasteiger partial charge is 0.123 e. The minimum absolute atomic E-state index is 0.0454. The van der Waals surface area contributed by atoms with Gasteiger partial charge in [-0.3, -0.25) is 0 Å². The van der Waals surface area contributed by atoms with Gasteiger partial charge in [0.1, 0.15) is 11.4 Å². The zero-order chi connectivity index (χ0) is 14.4. The number of fused-ring (bicyclic) bond motifs is 3. The lowest BCUT2D eigenvalue weighted by Gasteiger charge is -2.47. The Bertz CT molecular complexity index is 627. The highest BCUT2D eigenvalue weighted by atomic mass is 16.6. The minimum Gasteiger partial charge on any atom is -0.508 e. The van der Waals surface area contributed by atoms with E-state index in [2.05, 4.69) is 13.0 Å². The quantitative estimate of drug-likeness (QED) is 0.721. The number of phenols is 1. The van der Waals surface area contributed by atoms with E-state index >= 15 is 0 Å². The van der Waals surface area contributed by atoms with Crippen molar-refractivity contribution in [3.63, 3.8) is 0 Å². The van der Waals surface area contributed by atoms with Gasteiger partial charge in [0, 0.05) is 0 Å². The monoisotopic (exact) mass is 286 g/mol. The van der Waals surface area contributed by atoms with Crippen LogP contribution >= 0.6 is 0 Å². The van der Waals surface area contributed by atoms with E-state index in [9.17, 15) is 10.2 Å². The van der Waals surface area contributed by atoms with Crippen LogP contribution in [0.4, 0.5) is 0 Å². The summed E-state index contributed by atoms with van der Waals surface area (Å²) < 4.78 is 6.29. The molecule has 0 aromatic heterocycles. The van der Waals surface area contributed by atoms with E-state index < -0.39 is 0 Å². The van der Waals surface area contributed by atoms with E-state index in [0.29, 0.717) is 17.6 Å². The van der Waals surface area contributed by atoms with Gasteiger partial charge in [-0.2, -0.15) is 0 Å². The number of epoxide rings is 1. The molecule has 0 unspecified atom stereocenters. The SMILES string of the molecule is C[C@@]12C[C@H]3O[C@]34c3ccc(O)cc3CC[C@H]4[C@@H]1CC[C@@H]2O. The summed E-state index contributed by atoms with van der Waals surface area (Å²) in [6.07, 6.45) is 5.31. The standard InChI is InChI=1S/C18H22O3/c1-17-9-16-18(21-16)12-5-3-11(19)8-10(12)2-4-14(18)13(17)6-7-15(17)20/h3,5,8,13-16,19-20H,2,4,6-7,9H2,1H3/t13-,14-,15-,16+,17+,18-/m0/s1. The fourth-order valence-electron chi connectivity index (χ4n) is 5.94. The Morgan fingerprint density at radius 3 is 2.90 bits per heavy atom. The second-order valence-corrected chi connectivity index (χ2v) is 7.80. The highest BCUT2D eigenvalue weighted by Gasteiger charge is 2.73. The van der Waals surface area contributed by atoms with Crippen molar-refractivity contribution in [3.8, 4) is 5.75 Å². The number of aliphatic hydroxyl groups excluding tert-OH is 1. The molecule has 0 radical (unpaired) electrons. The molecule has 0 bridgehead atoms. The van der Waals surface area contributed by atoms with Gasteiger partial charge in [0.2, 0.25) is 0 Å². The van der Waals surface area contributed by atoms with E-state index in [-0.39, 0.29) is 23.2 Å². The van der Waals surface area contributed by atoms with Gasteiger partial charge in [0.25, 0.3) is 0 Å². The molecule has 3 aliphatic carbocycles. The maximum absolute atomic E-state index is 10.5. The molecule has 2 saturated carbocycles. The summed E-state index contributed by atoms with van der Waals surface area (Å²) >= 11 is 0. The maximum atomic E-state index is 10.5. The third-order valence-corrected chi connectivity index (χ3v) is 7.01. The van der Waals surface area contributed by atoms with Gasteiger partial charge in [0.05, 0.1) is 12.2 Å². The van der Waals surface area contributed by atoms with Gasteiger partial charge in [-0.15, -0.1) is 0 Å². The Morgan fingerprint density at radius 1 is 1.19 bits per heavy atom. The van der Waals surface area contributed by atoms with E-state index in [0.717, 1.165) is 32.1 Å². The van der Waals surface area contributed by atoms with Crippen molar-refractivity contribution in [3.05, 3.63) is 29.3 Å². The lowest BCUT2D eigenvalue weighted by atomic mass is 9.55. The van der Waals surface area contributed by atoms with Gasteiger partial charge in [0.15, 0.2) is 0 Å². The number of rotatable bonds is 0. The summed E-state index contributed by atoms with van der Waals surface area (Å²) in [6.45, 7) is 2.27. The van der Waals surface area contributed by atoms with Crippen LogP contribution in [0.5, 0.6) is 5.75 Å². The molecular weight excluding hydrogens is 264 g/mol. The first-order valence-corrected chi connectivity index (χ1v) is 8.24. The Hall–Kier alpha value is -1.06. The molecule has 1 aliphatic heterocycles. The molecule has 1 aromatic carbocycles. The number of aryl methyl sites for hydroxylation is 1. The number of phenolic OH excluding ortho intramolecular Hbond substituents is 1. The van der Waals surface area contributed by atoms with Crippen LogP contribution in [-0.2, 0) is 16.8 Å². The van der Waals surface area contributed by atoms with Gasteiger partial charge in [-0.05, 0) is 72.6 Å². The van der Waals surface area contributed by atoms with Gasteiger partial charge in [-0.1, -0.05) is 13.0 Å². The number of hydrogen-bond donors (Lipinski definition) is 2. The molecule has 3 heteroatoms. The Balaban J connectivity index is 1.63. The van der Waals surface area contributed by atoms with Gasteiger partial charge >= 0.3 is 0 Å². The molecule has 1 heterocycles. The summed E-state index contributed by atoms with van der Waals surface area (Å²) in [5.74, 6) is 1.47. The first kappa shape index (κ1) is 12.5. The van der Waals surface area contributed by atoms with Crippen LogP contribution in [0, 0.1) is 17.3 Å². The van der Waals surface area contributed by atoms with Crippen LogP contribution in [0.25, 0.3) is 0 Å². The molecule has 1 aromatic rings. The molecule has 6 atom stereocenters. The molecule has 1 spiro atoms. The summed E-state index contributed by atoms with van der Waals surface area (Å²) in [5, 5.41) is 20.2. The molecule has 3 fully saturated rings. The topological polar surface area (TPSA) is 53.0 Å². The van der Waals surface area contributed by atoms with Crippen molar-refractivity contribution < 1.29 is 14.9 Å². The normalized spacial score (nSPS) is 49.8. The largest absolute Gasteiger partial charge is 0.508 e. The van der Waals surface area contributed by atoms with Gasteiger partial charge in [-0.25, -0.2) is 0 Å². The van der Waals surface area contributed by atoms with E-state index in [1.807, 2.05) is 6.07 Å². The van der Waals surface area contributed by atoms with Crippen LogP contribution in [-0.4, -0.2) is 22.4 Å². The molecule has 4 aliphatic rings. The van der Waals surface area contributed by atoms with Crippen molar-refractivity contribution in [1.82, 2.24) is 0 Å². The average Bonchev–Trinajstić information content (AvgIpc) is 3.07. The highest BCUT2D eigenvalue weighted by Crippen LogP contribution is 2.71. The molecule has 1 saturated heterocycles. The number of aromatic hydroxyl groups is 1. The number of aliphatic hydroxyl groups is 1. The summed E-state index contributed by atoms with van der Waals surface area (Å²) in [5.41, 5.74) is 2.51. The van der Waals surface area contributed by atoms with Crippen LogP contribution in [0.15, 0.2) is 18.2 Å². The fourth-order valence-corrected chi connectivity index (χ4v) is 5.94. The maximum Gasteiger partial charge on any atom is 0.123 e. The predicted molar refractivity (Wildman–Crippen MR) is 77.9 cm³/mol. The third-order valence-electron chi connectivity index (χ3n) is 7.01. The number of ether oxygens (including phenoxy) is 1. The Kier molecular flexibility index (Phi) is 2.16.